The van der Waals surface area contributed by atoms with Gasteiger partial charge >= 0.3 is 0 Å². The molecule has 1 aromatic rings. The molecule has 4 atom stereocenters. The minimum Gasteiger partial charge on any atom is -0.350 e. The van der Waals surface area contributed by atoms with Crippen LogP contribution in [0, 0.1) is 29.6 Å². The summed E-state index contributed by atoms with van der Waals surface area (Å²) in [6.07, 6.45) is 1.82. The maximum Gasteiger partial charge on any atom is 0.243 e. The first-order valence-corrected chi connectivity index (χ1v) is 12.5. The summed E-state index contributed by atoms with van der Waals surface area (Å²) in [7, 11) is 0. The van der Waals surface area contributed by atoms with E-state index in [9.17, 15) is 18.8 Å². The standard InChI is InChI=1S/C27H32FN5O3/c28-21-13-23(30-16-21)26(35)32-22-14-24(33(17-22)25(34)11-12-29)27(36)31-15-20-9-7-19(8-10-20)4-2-1-3-18-5-6-18/h7-10,18,21-24,30H,5-6,11-17,29H2,(H,31,36)(H,32,35)/t21-,22+,23-,24+/m0/s1. The first kappa shape index (κ1) is 25.7. The molecular weight excluding hydrogens is 461 g/mol. The van der Waals surface area contributed by atoms with Crippen LogP contribution in [0.5, 0.6) is 0 Å². The molecule has 36 heavy (non-hydrogen) atoms. The Bertz CT molecular complexity index is 1100. The summed E-state index contributed by atoms with van der Waals surface area (Å²) in [6.45, 7) is 0.832. The highest BCUT2D eigenvalue weighted by molar-refractivity contribution is 5.89. The summed E-state index contributed by atoms with van der Waals surface area (Å²) in [6, 6.07) is 5.83. The van der Waals surface area contributed by atoms with Gasteiger partial charge in [-0.15, -0.1) is 0 Å². The second-order valence-electron chi connectivity index (χ2n) is 9.54. The number of nitrogens with two attached hydrogens (primary N) is 1. The molecule has 3 amide bonds. The van der Waals surface area contributed by atoms with Crippen LogP contribution in [0.3, 0.4) is 0 Å². The Hall–Kier alpha value is -3.40. The molecule has 1 saturated carbocycles. The van der Waals surface area contributed by atoms with E-state index in [1.165, 1.54) is 17.7 Å². The molecule has 3 aliphatic rings. The smallest absolute Gasteiger partial charge is 0.243 e. The second kappa shape index (κ2) is 12.0. The highest BCUT2D eigenvalue weighted by atomic mass is 19.1. The number of hydrogen-bond donors (Lipinski definition) is 4. The van der Waals surface area contributed by atoms with Crippen molar-refractivity contribution in [2.24, 2.45) is 11.7 Å². The number of nitrogens with zero attached hydrogens (tertiary/aromatic N) is 1. The van der Waals surface area contributed by atoms with Crippen LogP contribution in [0.1, 0.15) is 43.2 Å². The zero-order chi connectivity index (χ0) is 25.5. The molecule has 0 aromatic heterocycles. The molecule has 0 spiro atoms. The van der Waals surface area contributed by atoms with Crippen molar-refractivity contribution < 1.29 is 18.8 Å². The Morgan fingerprint density at radius 1 is 1.11 bits per heavy atom. The number of carbonyl (C=O) groups is 3. The molecule has 0 unspecified atom stereocenters. The van der Waals surface area contributed by atoms with Gasteiger partial charge in [0.2, 0.25) is 17.7 Å². The van der Waals surface area contributed by atoms with Gasteiger partial charge in [0.05, 0.1) is 6.04 Å². The van der Waals surface area contributed by atoms with Crippen molar-refractivity contribution in [3.8, 4) is 23.7 Å². The normalized spacial score (nSPS) is 24.8. The maximum atomic E-state index is 13.4. The van der Waals surface area contributed by atoms with E-state index in [0.29, 0.717) is 12.5 Å². The molecule has 9 heteroatoms. The van der Waals surface area contributed by atoms with Gasteiger partial charge < -0.3 is 26.6 Å². The number of rotatable bonds is 7. The Morgan fingerprint density at radius 2 is 1.89 bits per heavy atom. The molecule has 4 rings (SSSR count). The number of alkyl halides is 1. The number of halogens is 1. The van der Waals surface area contributed by atoms with E-state index in [2.05, 4.69) is 39.6 Å². The van der Waals surface area contributed by atoms with Crippen LogP contribution in [0.4, 0.5) is 4.39 Å². The van der Waals surface area contributed by atoms with E-state index >= 15 is 0 Å². The predicted octanol–water partition coefficient (Wildman–Crippen LogP) is 0.202. The zero-order valence-corrected chi connectivity index (χ0v) is 20.2. The lowest BCUT2D eigenvalue weighted by atomic mass is 10.1. The molecule has 0 bridgehead atoms. The fraction of sp³-hybridized carbons (Fsp3) is 0.519. The van der Waals surface area contributed by atoms with Crippen LogP contribution in [0.2, 0.25) is 0 Å². The maximum absolute atomic E-state index is 13.4. The number of amides is 3. The van der Waals surface area contributed by atoms with Gasteiger partial charge in [-0.3, -0.25) is 14.4 Å². The van der Waals surface area contributed by atoms with E-state index in [4.69, 9.17) is 5.73 Å². The Balaban J connectivity index is 1.31. The quantitative estimate of drug-likeness (QED) is 0.405. The van der Waals surface area contributed by atoms with Gasteiger partial charge in [0.25, 0.3) is 0 Å². The monoisotopic (exact) mass is 493 g/mol. The molecule has 0 radical (unpaired) electrons. The second-order valence-corrected chi connectivity index (χ2v) is 9.54. The highest BCUT2D eigenvalue weighted by Gasteiger charge is 2.41. The van der Waals surface area contributed by atoms with Crippen molar-refractivity contribution in [2.75, 3.05) is 19.6 Å². The summed E-state index contributed by atoms with van der Waals surface area (Å²) in [5, 5.41) is 8.62. The SMILES string of the molecule is NCCC(=O)N1C[C@H](NC(=O)[C@@H]2C[C@H](F)CN2)C[C@@H]1C(=O)NCc1ccc(C#CC#CC2CC2)cc1. The third kappa shape index (κ3) is 7.07. The molecule has 3 fully saturated rings. The number of carbonyl (C=O) groups excluding carboxylic acids is 3. The Kier molecular flexibility index (Phi) is 8.58. The Morgan fingerprint density at radius 3 is 2.56 bits per heavy atom. The first-order valence-electron chi connectivity index (χ1n) is 12.5. The average molecular weight is 494 g/mol. The number of hydrogen-bond acceptors (Lipinski definition) is 5. The highest BCUT2D eigenvalue weighted by Crippen LogP contribution is 2.27. The van der Waals surface area contributed by atoms with Gasteiger partial charge in [-0.1, -0.05) is 24.0 Å². The van der Waals surface area contributed by atoms with Crippen LogP contribution in [-0.4, -0.2) is 66.6 Å². The van der Waals surface area contributed by atoms with Gasteiger partial charge in [-0.2, -0.15) is 0 Å². The van der Waals surface area contributed by atoms with Crippen molar-refractivity contribution in [3.05, 3.63) is 35.4 Å². The lowest BCUT2D eigenvalue weighted by Gasteiger charge is -2.23. The van der Waals surface area contributed by atoms with Crippen LogP contribution >= 0.6 is 0 Å². The third-order valence-corrected chi connectivity index (χ3v) is 6.57. The molecule has 2 aliphatic heterocycles. The van der Waals surface area contributed by atoms with E-state index in [-0.39, 0.29) is 56.6 Å². The molecule has 5 N–H and O–H groups in total. The van der Waals surface area contributed by atoms with Crippen LogP contribution in [-0.2, 0) is 20.9 Å². The molecule has 8 nitrogen and oxygen atoms in total. The fourth-order valence-electron chi connectivity index (χ4n) is 4.41. The first-order chi connectivity index (χ1) is 17.4. The summed E-state index contributed by atoms with van der Waals surface area (Å²) >= 11 is 0. The largest absolute Gasteiger partial charge is 0.350 e. The van der Waals surface area contributed by atoms with Crippen LogP contribution in [0.15, 0.2) is 24.3 Å². The topological polar surface area (TPSA) is 117 Å². The molecule has 190 valence electrons. The van der Waals surface area contributed by atoms with Crippen molar-refractivity contribution in [3.63, 3.8) is 0 Å². The van der Waals surface area contributed by atoms with E-state index in [0.717, 1.165) is 11.1 Å². The summed E-state index contributed by atoms with van der Waals surface area (Å²) in [5.41, 5.74) is 7.30. The van der Waals surface area contributed by atoms with Crippen LogP contribution in [0.25, 0.3) is 0 Å². The predicted molar refractivity (Wildman–Crippen MR) is 133 cm³/mol. The van der Waals surface area contributed by atoms with Gasteiger partial charge in [-0.05, 0) is 48.8 Å². The lowest BCUT2D eigenvalue weighted by Crippen LogP contribution is -2.47. The molecule has 1 aliphatic carbocycles. The van der Waals surface area contributed by atoms with Gasteiger partial charge in [0.1, 0.15) is 12.2 Å². The number of benzene rings is 1. The molecule has 2 heterocycles. The molecule has 1 aromatic carbocycles. The summed E-state index contributed by atoms with van der Waals surface area (Å²) in [4.78, 5) is 39.6. The summed E-state index contributed by atoms with van der Waals surface area (Å²) in [5.74, 6) is 11.5. The fourth-order valence-corrected chi connectivity index (χ4v) is 4.41. The summed E-state index contributed by atoms with van der Waals surface area (Å²) < 4.78 is 13.4. The minimum absolute atomic E-state index is 0.117. The third-order valence-electron chi connectivity index (χ3n) is 6.57. The zero-order valence-electron chi connectivity index (χ0n) is 20.2. The van der Waals surface area contributed by atoms with E-state index < -0.39 is 24.3 Å². The molecule has 2 saturated heterocycles. The van der Waals surface area contributed by atoms with Crippen molar-refractivity contribution in [1.29, 1.82) is 0 Å². The van der Waals surface area contributed by atoms with E-state index in [1.807, 2.05) is 24.3 Å². The van der Waals surface area contributed by atoms with Gasteiger partial charge in [0.15, 0.2) is 0 Å². The van der Waals surface area contributed by atoms with E-state index in [1.54, 1.807) is 0 Å². The van der Waals surface area contributed by atoms with Gasteiger partial charge in [-0.25, -0.2) is 4.39 Å². The van der Waals surface area contributed by atoms with Crippen LogP contribution < -0.4 is 21.7 Å². The van der Waals surface area contributed by atoms with Crippen molar-refractivity contribution in [2.45, 2.75) is 62.9 Å². The Labute approximate surface area is 210 Å². The lowest BCUT2D eigenvalue weighted by molar-refractivity contribution is -0.138. The van der Waals surface area contributed by atoms with Crippen molar-refractivity contribution in [1.82, 2.24) is 20.9 Å². The minimum atomic E-state index is -1.05. The molecular formula is C27H32FN5O3. The van der Waals surface area contributed by atoms with Gasteiger partial charge in [0, 0.05) is 56.5 Å². The average Bonchev–Trinajstić information content (AvgIpc) is 3.43. The number of likely N-dealkylation sites (tertiary alicyclic amines) is 1. The number of nitrogens with one attached hydrogen (secondary N) is 3. The van der Waals surface area contributed by atoms with Crippen molar-refractivity contribution >= 4 is 17.7 Å².